The molecule has 0 rings (SSSR count). The average Bonchev–Trinajstić information content (AvgIpc) is 3.49. The first-order valence-corrected chi connectivity index (χ1v) is 36.4. The van der Waals surface area contributed by atoms with Gasteiger partial charge in [0.1, 0.15) is 13.2 Å². The Morgan fingerprint density at radius 2 is 0.470 bits per heavy atom. The van der Waals surface area contributed by atoms with Crippen LogP contribution in [0, 0.1) is 0 Å². The third-order valence-corrected chi connectivity index (χ3v) is 16.2. The summed E-state index contributed by atoms with van der Waals surface area (Å²) in [4.78, 5) is 38.4. The molecule has 1 unspecified atom stereocenters. The first kappa shape index (κ1) is 79.8. The van der Waals surface area contributed by atoms with Crippen molar-refractivity contribution in [3.8, 4) is 0 Å². The molecule has 0 fully saturated rings. The van der Waals surface area contributed by atoms with E-state index < -0.39 is 6.10 Å². The maximum absolute atomic E-state index is 13.0. The van der Waals surface area contributed by atoms with Gasteiger partial charge < -0.3 is 14.2 Å². The van der Waals surface area contributed by atoms with Gasteiger partial charge in [-0.05, 0) is 89.9 Å². The normalized spacial score (nSPS) is 12.5. The third-order valence-electron chi connectivity index (χ3n) is 16.2. The summed E-state index contributed by atoms with van der Waals surface area (Å²) in [7, 11) is 0. The highest BCUT2D eigenvalue weighted by atomic mass is 16.6. The van der Waals surface area contributed by atoms with Gasteiger partial charge in [-0.25, -0.2) is 0 Å². The van der Waals surface area contributed by atoms with Crippen molar-refractivity contribution in [1.29, 1.82) is 0 Å². The Labute approximate surface area is 516 Å². The molecule has 0 aromatic heterocycles. The van der Waals surface area contributed by atoms with Crippen molar-refractivity contribution in [2.75, 3.05) is 13.2 Å². The fourth-order valence-electron chi connectivity index (χ4n) is 10.8. The molecule has 0 aliphatic heterocycles. The predicted octanol–water partition coefficient (Wildman–Crippen LogP) is 25.2. The molecule has 0 N–H and O–H groups in total. The minimum Gasteiger partial charge on any atom is -0.462 e. The first-order chi connectivity index (χ1) is 41.0. The minimum absolute atomic E-state index is 0.0736. The number of unbranched alkanes of at least 4 members (excludes halogenated alkanes) is 44. The number of ether oxygens (including phenoxy) is 3. The van der Waals surface area contributed by atoms with Crippen LogP contribution in [-0.4, -0.2) is 37.2 Å². The molecule has 0 aromatic carbocycles. The number of hydrogen-bond acceptors (Lipinski definition) is 6. The second-order valence-corrected chi connectivity index (χ2v) is 24.5. The SMILES string of the molecule is CC/C=C\C/C=C\C/C=C\C/C=C\CCCCCCCCCCC(=O)OC(COC(=O)CCCCCCCCCCCCCCC)COC(=O)CCCCCCCCCCCCCCCCCCCCC/C=C\C/C=C\CCCCCCC. The van der Waals surface area contributed by atoms with E-state index >= 15 is 0 Å². The summed E-state index contributed by atoms with van der Waals surface area (Å²) in [6.07, 6.45) is 93.7. The van der Waals surface area contributed by atoms with Gasteiger partial charge in [-0.15, -0.1) is 0 Å². The molecular formula is C77H138O6. The van der Waals surface area contributed by atoms with E-state index in [1.807, 2.05) is 0 Å². The van der Waals surface area contributed by atoms with Gasteiger partial charge in [0.25, 0.3) is 0 Å². The van der Waals surface area contributed by atoms with Crippen molar-refractivity contribution in [1.82, 2.24) is 0 Å². The van der Waals surface area contributed by atoms with Gasteiger partial charge in [0.05, 0.1) is 0 Å². The molecule has 0 aliphatic rings. The Kier molecular flexibility index (Phi) is 68.6. The van der Waals surface area contributed by atoms with E-state index in [-0.39, 0.29) is 31.1 Å². The van der Waals surface area contributed by atoms with Crippen LogP contribution in [0.15, 0.2) is 72.9 Å². The molecule has 6 heteroatoms. The second kappa shape index (κ2) is 71.3. The number of esters is 3. The van der Waals surface area contributed by atoms with Gasteiger partial charge in [0, 0.05) is 19.3 Å². The molecule has 0 saturated carbocycles. The molecule has 0 amide bonds. The maximum Gasteiger partial charge on any atom is 0.306 e. The Balaban J connectivity index is 4.20. The summed E-state index contributed by atoms with van der Waals surface area (Å²) >= 11 is 0. The summed E-state index contributed by atoms with van der Waals surface area (Å²) < 4.78 is 17.0. The molecular weight excluding hydrogens is 1020 g/mol. The molecule has 0 radical (unpaired) electrons. The zero-order valence-corrected chi connectivity index (χ0v) is 55.5. The zero-order valence-electron chi connectivity index (χ0n) is 55.5. The third kappa shape index (κ3) is 69.5. The molecule has 1 atom stereocenters. The van der Waals surface area contributed by atoms with Crippen LogP contribution in [0.25, 0.3) is 0 Å². The van der Waals surface area contributed by atoms with Crippen LogP contribution >= 0.6 is 0 Å². The zero-order chi connectivity index (χ0) is 59.9. The molecule has 0 bridgehead atoms. The topological polar surface area (TPSA) is 78.9 Å². The van der Waals surface area contributed by atoms with E-state index in [0.29, 0.717) is 19.3 Å². The molecule has 0 spiro atoms. The highest BCUT2D eigenvalue weighted by Gasteiger charge is 2.19. The van der Waals surface area contributed by atoms with Crippen LogP contribution in [0.4, 0.5) is 0 Å². The van der Waals surface area contributed by atoms with Gasteiger partial charge in [-0.2, -0.15) is 0 Å². The lowest BCUT2D eigenvalue weighted by molar-refractivity contribution is -0.167. The summed E-state index contributed by atoms with van der Waals surface area (Å²) in [6.45, 7) is 6.57. The fourth-order valence-corrected chi connectivity index (χ4v) is 10.8. The van der Waals surface area contributed by atoms with E-state index in [4.69, 9.17) is 14.2 Å². The van der Waals surface area contributed by atoms with Crippen molar-refractivity contribution < 1.29 is 28.6 Å². The van der Waals surface area contributed by atoms with E-state index in [9.17, 15) is 14.4 Å². The molecule has 0 heterocycles. The standard InChI is InChI=1S/C77H138O6/c1-4-7-10-13-16-19-22-25-27-29-31-33-34-35-36-37-38-39-40-41-42-44-45-47-49-52-55-58-61-64-67-70-76(79)82-73-74(72-81-75(78)69-66-63-60-57-54-51-24-21-18-15-12-9-6-3)83-77(80)71-68-65-62-59-56-53-50-48-46-43-32-30-28-26-23-20-17-14-11-8-5-2/h8,11,17,20,22,25-26,28-29,31-32,43,74H,4-7,9-10,12-16,18-19,21,23-24,27,30,33-42,44-73H2,1-3H3/b11-8-,20-17-,25-22-,28-26-,31-29-,43-32-. The number of allylic oxidation sites excluding steroid dienone is 12. The molecule has 0 aliphatic carbocycles. The van der Waals surface area contributed by atoms with Crippen molar-refractivity contribution >= 4 is 17.9 Å². The second-order valence-electron chi connectivity index (χ2n) is 24.5. The van der Waals surface area contributed by atoms with Crippen molar-refractivity contribution in [2.45, 2.75) is 386 Å². The summed E-state index contributed by atoms with van der Waals surface area (Å²) in [5.41, 5.74) is 0. The maximum atomic E-state index is 13.0. The quantitative estimate of drug-likeness (QED) is 0.0261. The van der Waals surface area contributed by atoms with Crippen LogP contribution in [0.3, 0.4) is 0 Å². The molecule has 482 valence electrons. The summed E-state index contributed by atoms with van der Waals surface area (Å²) in [6, 6.07) is 0. The lowest BCUT2D eigenvalue weighted by Gasteiger charge is -2.18. The van der Waals surface area contributed by atoms with Crippen LogP contribution < -0.4 is 0 Å². The predicted molar refractivity (Wildman–Crippen MR) is 362 cm³/mol. The Bertz CT molecular complexity index is 1520. The van der Waals surface area contributed by atoms with Gasteiger partial charge >= 0.3 is 17.9 Å². The van der Waals surface area contributed by atoms with Gasteiger partial charge in [-0.1, -0.05) is 344 Å². The van der Waals surface area contributed by atoms with Crippen molar-refractivity contribution in [2.24, 2.45) is 0 Å². The largest absolute Gasteiger partial charge is 0.462 e. The number of carbonyl (C=O) groups excluding carboxylic acids is 3. The van der Waals surface area contributed by atoms with Crippen LogP contribution in [0.1, 0.15) is 380 Å². The van der Waals surface area contributed by atoms with Crippen LogP contribution in [0.2, 0.25) is 0 Å². The van der Waals surface area contributed by atoms with Crippen molar-refractivity contribution in [3.63, 3.8) is 0 Å². The Morgan fingerprint density at radius 3 is 0.735 bits per heavy atom. The van der Waals surface area contributed by atoms with Crippen LogP contribution in [-0.2, 0) is 28.6 Å². The number of carbonyl (C=O) groups is 3. The lowest BCUT2D eigenvalue weighted by Crippen LogP contribution is -2.30. The van der Waals surface area contributed by atoms with Crippen molar-refractivity contribution in [3.05, 3.63) is 72.9 Å². The van der Waals surface area contributed by atoms with E-state index in [2.05, 4.69) is 93.7 Å². The molecule has 83 heavy (non-hydrogen) atoms. The lowest BCUT2D eigenvalue weighted by atomic mass is 10.0. The number of hydrogen-bond donors (Lipinski definition) is 0. The van der Waals surface area contributed by atoms with E-state index in [1.165, 1.54) is 244 Å². The van der Waals surface area contributed by atoms with Gasteiger partial charge in [-0.3, -0.25) is 14.4 Å². The minimum atomic E-state index is -0.778. The summed E-state index contributed by atoms with van der Waals surface area (Å²) in [5, 5.41) is 0. The fraction of sp³-hybridized carbons (Fsp3) is 0.805. The Hall–Kier alpha value is -3.15. The highest BCUT2D eigenvalue weighted by molar-refractivity contribution is 5.71. The van der Waals surface area contributed by atoms with Crippen LogP contribution in [0.5, 0.6) is 0 Å². The first-order valence-electron chi connectivity index (χ1n) is 36.4. The monoisotopic (exact) mass is 1160 g/mol. The average molecular weight is 1160 g/mol. The molecule has 0 saturated heterocycles. The van der Waals surface area contributed by atoms with E-state index in [1.54, 1.807) is 0 Å². The Morgan fingerprint density at radius 1 is 0.253 bits per heavy atom. The number of rotatable bonds is 67. The van der Waals surface area contributed by atoms with E-state index in [0.717, 1.165) is 96.3 Å². The smallest absolute Gasteiger partial charge is 0.306 e. The highest BCUT2D eigenvalue weighted by Crippen LogP contribution is 2.18. The van der Waals surface area contributed by atoms with Gasteiger partial charge in [0.2, 0.25) is 0 Å². The summed E-state index contributed by atoms with van der Waals surface area (Å²) in [5.74, 6) is -0.858. The molecule has 0 aromatic rings. The van der Waals surface area contributed by atoms with Gasteiger partial charge in [0.15, 0.2) is 6.10 Å². The molecule has 6 nitrogen and oxygen atoms in total.